The molecule has 0 bridgehead atoms. The fourth-order valence-corrected chi connectivity index (χ4v) is 2.47. The van der Waals surface area contributed by atoms with E-state index in [1.54, 1.807) is 0 Å². The second kappa shape index (κ2) is 8.38. The Kier molecular flexibility index (Phi) is 6.21. The number of anilines is 3. The average Bonchev–Trinajstić information content (AvgIpc) is 2.60. The molecule has 0 atom stereocenters. The highest BCUT2D eigenvalue weighted by Crippen LogP contribution is 2.45. The lowest BCUT2D eigenvalue weighted by molar-refractivity contribution is -0.384. The summed E-state index contributed by atoms with van der Waals surface area (Å²) in [5, 5.41) is 56.2. The average molecular weight is 399 g/mol. The number of phenols is 2. The first-order valence-electron chi connectivity index (χ1n) is 7.55. The van der Waals surface area contributed by atoms with Gasteiger partial charge in [-0.1, -0.05) is 11.6 Å². The second-order valence-corrected chi connectivity index (χ2v) is 5.73. The van der Waals surface area contributed by atoms with E-state index in [1.165, 1.54) is 12.1 Å². The Balaban J connectivity index is 2.54. The zero-order chi connectivity index (χ0) is 20.1. The molecule has 2 aromatic carbocycles. The summed E-state index contributed by atoms with van der Waals surface area (Å²) < 4.78 is 0. The van der Waals surface area contributed by atoms with Crippen LogP contribution in [0.3, 0.4) is 0 Å². The maximum atomic E-state index is 11.5. The minimum Gasteiger partial charge on any atom is -0.505 e. The van der Waals surface area contributed by atoms with E-state index in [0.717, 1.165) is 12.1 Å². The molecule has 144 valence electrons. The van der Waals surface area contributed by atoms with Crippen molar-refractivity contribution >= 4 is 40.0 Å². The lowest BCUT2D eigenvalue weighted by Gasteiger charge is -2.14. The summed E-state index contributed by atoms with van der Waals surface area (Å²) in [6, 6.07) is 4.29. The van der Waals surface area contributed by atoms with Gasteiger partial charge in [0.05, 0.1) is 20.6 Å². The minimum absolute atomic E-state index is 0.0461. The van der Waals surface area contributed by atoms with E-state index in [2.05, 4.69) is 10.6 Å². The van der Waals surface area contributed by atoms with Gasteiger partial charge in [-0.2, -0.15) is 0 Å². The van der Waals surface area contributed by atoms with Crippen LogP contribution in [0.2, 0.25) is 5.02 Å². The molecule has 0 spiro atoms. The maximum Gasteiger partial charge on any atom is 0.319 e. The first kappa shape index (κ1) is 20.0. The number of halogens is 1. The molecule has 0 aromatic heterocycles. The molecule has 2 rings (SSSR count). The number of hydrogen-bond donors (Lipinski definition) is 5. The van der Waals surface area contributed by atoms with Gasteiger partial charge in [-0.25, -0.2) is 0 Å². The molecule has 0 aliphatic heterocycles. The SMILES string of the molecule is O=[N+]([O-])c1cc(Cl)c(O)c(Nc2c(O)ccc(NCCCO)c2[N+](=O)[O-])c1. The fourth-order valence-electron chi connectivity index (χ4n) is 2.26. The summed E-state index contributed by atoms with van der Waals surface area (Å²) >= 11 is 5.76. The number of nitro benzene ring substituents is 2. The molecule has 27 heavy (non-hydrogen) atoms. The van der Waals surface area contributed by atoms with E-state index in [0.29, 0.717) is 6.42 Å². The highest BCUT2D eigenvalue weighted by molar-refractivity contribution is 6.32. The summed E-state index contributed by atoms with van der Waals surface area (Å²) in [7, 11) is 0. The second-order valence-electron chi connectivity index (χ2n) is 5.32. The molecule has 11 nitrogen and oxygen atoms in total. The molecule has 0 amide bonds. The van der Waals surface area contributed by atoms with Crippen LogP contribution in [0.1, 0.15) is 6.42 Å². The lowest BCUT2D eigenvalue weighted by atomic mass is 10.1. The van der Waals surface area contributed by atoms with Gasteiger partial charge < -0.3 is 26.0 Å². The van der Waals surface area contributed by atoms with Crippen molar-refractivity contribution in [3.63, 3.8) is 0 Å². The van der Waals surface area contributed by atoms with E-state index < -0.39 is 32.7 Å². The maximum absolute atomic E-state index is 11.5. The lowest BCUT2D eigenvalue weighted by Crippen LogP contribution is -2.07. The number of aromatic hydroxyl groups is 2. The number of phenolic OH excluding ortho intramolecular Hbond substituents is 2. The van der Waals surface area contributed by atoms with Crippen LogP contribution in [0, 0.1) is 20.2 Å². The Bertz CT molecular complexity index is 891. The van der Waals surface area contributed by atoms with Crippen molar-refractivity contribution in [1.29, 1.82) is 0 Å². The first-order chi connectivity index (χ1) is 12.8. The van der Waals surface area contributed by atoms with Crippen molar-refractivity contribution in [3.8, 4) is 11.5 Å². The van der Waals surface area contributed by atoms with Gasteiger partial charge in [-0.05, 0) is 18.6 Å². The molecule has 0 saturated heterocycles. The normalized spacial score (nSPS) is 10.4. The third-order valence-corrected chi connectivity index (χ3v) is 3.80. The molecule has 0 saturated carbocycles. The monoisotopic (exact) mass is 398 g/mol. The Morgan fingerprint density at radius 2 is 1.78 bits per heavy atom. The zero-order valence-electron chi connectivity index (χ0n) is 13.7. The van der Waals surface area contributed by atoms with Crippen LogP contribution in [0.15, 0.2) is 24.3 Å². The van der Waals surface area contributed by atoms with Gasteiger partial charge in [0, 0.05) is 25.3 Å². The zero-order valence-corrected chi connectivity index (χ0v) is 14.4. The Hall–Kier alpha value is -3.31. The van der Waals surface area contributed by atoms with Gasteiger partial charge in [0.2, 0.25) is 0 Å². The van der Waals surface area contributed by atoms with E-state index in [1.807, 2.05) is 0 Å². The number of nitrogens with zero attached hydrogens (tertiary/aromatic N) is 2. The first-order valence-corrected chi connectivity index (χ1v) is 7.93. The number of nitrogens with one attached hydrogen (secondary N) is 2. The molecular weight excluding hydrogens is 384 g/mol. The fraction of sp³-hybridized carbons (Fsp3) is 0.200. The number of aliphatic hydroxyl groups excluding tert-OH is 1. The summed E-state index contributed by atoms with van der Waals surface area (Å²) in [6.07, 6.45) is 0.335. The molecule has 12 heteroatoms. The Morgan fingerprint density at radius 1 is 1.07 bits per heavy atom. The van der Waals surface area contributed by atoms with Crippen LogP contribution < -0.4 is 10.6 Å². The Morgan fingerprint density at radius 3 is 2.37 bits per heavy atom. The molecule has 0 unspecified atom stereocenters. The van der Waals surface area contributed by atoms with Crippen LogP contribution in [0.25, 0.3) is 0 Å². The van der Waals surface area contributed by atoms with Crippen LogP contribution in [-0.2, 0) is 0 Å². The standard InChI is InChI=1S/C15H15ClN4O7/c16-9-6-8(19(24)25)7-11(15(9)23)18-13-12(22)3-2-10(14(13)20(26)27)17-4-1-5-21/h2-3,6-7,17-18,21-23H,1,4-5H2. The number of benzene rings is 2. The van der Waals surface area contributed by atoms with Crippen molar-refractivity contribution in [2.45, 2.75) is 6.42 Å². The number of non-ortho nitro benzene ring substituents is 1. The van der Waals surface area contributed by atoms with Gasteiger partial charge in [0.25, 0.3) is 5.69 Å². The summed E-state index contributed by atoms with van der Waals surface area (Å²) in [4.78, 5) is 21.0. The van der Waals surface area contributed by atoms with Gasteiger partial charge >= 0.3 is 5.69 Å². The predicted molar refractivity (Wildman–Crippen MR) is 98.0 cm³/mol. The number of nitro groups is 2. The van der Waals surface area contributed by atoms with Crippen molar-refractivity contribution in [2.24, 2.45) is 0 Å². The minimum atomic E-state index is -0.765. The van der Waals surface area contributed by atoms with Crippen LogP contribution in [-0.4, -0.2) is 38.3 Å². The highest BCUT2D eigenvalue weighted by Gasteiger charge is 2.25. The summed E-state index contributed by atoms with van der Waals surface area (Å²) in [5.41, 5.74) is -1.64. The number of aliphatic hydroxyl groups is 1. The van der Waals surface area contributed by atoms with E-state index >= 15 is 0 Å². The number of hydrogen-bond acceptors (Lipinski definition) is 9. The molecule has 0 aliphatic rings. The summed E-state index contributed by atoms with van der Waals surface area (Å²) in [6.45, 7) is 0.111. The Labute approximate surface area is 157 Å². The van der Waals surface area contributed by atoms with E-state index in [-0.39, 0.29) is 35.2 Å². The largest absolute Gasteiger partial charge is 0.505 e. The number of rotatable bonds is 8. The third-order valence-electron chi connectivity index (χ3n) is 3.51. The molecular formula is C15H15ClN4O7. The van der Waals surface area contributed by atoms with Crippen LogP contribution in [0.5, 0.6) is 11.5 Å². The van der Waals surface area contributed by atoms with Crippen molar-refractivity contribution in [1.82, 2.24) is 0 Å². The van der Waals surface area contributed by atoms with E-state index in [9.17, 15) is 30.4 Å². The van der Waals surface area contributed by atoms with E-state index in [4.69, 9.17) is 16.7 Å². The topological polar surface area (TPSA) is 171 Å². The molecule has 0 fully saturated rings. The quantitative estimate of drug-likeness (QED) is 0.147. The molecule has 0 aliphatic carbocycles. The molecule has 0 radical (unpaired) electrons. The molecule has 5 N–H and O–H groups in total. The van der Waals surface area contributed by atoms with Crippen molar-refractivity contribution in [3.05, 3.63) is 49.5 Å². The van der Waals surface area contributed by atoms with Crippen molar-refractivity contribution in [2.75, 3.05) is 23.8 Å². The molecule has 2 aromatic rings. The van der Waals surface area contributed by atoms with Gasteiger partial charge in [0.1, 0.15) is 11.4 Å². The smallest absolute Gasteiger partial charge is 0.319 e. The van der Waals surface area contributed by atoms with Gasteiger partial charge in [-0.15, -0.1) is 0 Å². The third kappa shape index (κ3) is 4.46. The van der Waals surface area contributed by atoms with Crippen LogP contribution in [0.4, 0.5) is 28.4 Å². The van der Waals surface area contributed by atoms with Crippen molar-refractivity contribution < 1.29 is 25.2 Å². The van der Waals surface area contributed by atoms with Gasteiger partial charge in [0.15, 0.2) is 11.4 Å². The highest BCUT2D eigenvalue weighted by atomic mass is 35.5. The molecule has 0 heterocycles. The van der Waals surface area contributed by atoms with Gasteiger partial charge in [-0.3, -0.25) is 20.2 Å². The summed E-state index contributed by atoms with van der Waals surface area (Å²) in [5.74, 6) is -1.09. The predicted octanol–water partition coefficient (Wildman–Crippen LogP) is 3.11. The van der Waals surface area contributed by atoms with Crippen LogP contribution >= 0.6 is 11.6 Å².